The minimum absolute atomic E-state index is 0.142. The average Bonchev–Trinajstić information content (AvgIpc) is 3.17. The lowest BCUT2D eigenvalue weighted by molar-refractivity contribution is -0.194. The lowest BCUT2D eigenvalue weighted by atomic mass is 9.94. The van der Waals surface area contributed by atoms with Gasteiger partial charge in [-0.05, 0) is 24.8 Å². The molecule has 3 fully saturated rings. The van der Waals surface area contributed by atoms with Crippen LogP contribution in [0.2, 0.25) is 0 Å². The third-order valence-corrected chi connectivity index (χ3v) is 5.95. The third kappa shape index (κ3) is 3.62. The Morgan fingerprint density at radius 2 is 1.80 bits per heavy atom. The van der Waals surface area contributed by atoms with Crippen molar-refractivity contribution in [1.82, 2.24) is 0 Å². The average molecular weight is 348 g/mol. The maximum atomic E-state index is 10.5. The monoisotopic (exact) mass is 348 g/mol. The molecule has 5 atom stereocenters. The fraction of sp³-hybridized carbons (Fsp3) is 0.700. The molecule has 0 radical (unpaired) electrons. The molecule has 1 aliphatic heterocycles. The maximum Gasteiger partial charge on any atom is 0.168 e. The first-order valence-corrected chi connectivity index (χ1v) is 9.50. The van der Waals surface area contributed by atoms with Gasteiger partial charge in [-0.1, -0.05) is 36.8 Å². The van der Waals surface area contributed by atoms with Crippen LogP contribution in [0.1, 0.15) is 44.1 Å². The molecule has 0 unspecified atom stereocenters. The van der Waals surface area contributed by atoms with Crippen LogP contribution in [-0.2, 0) is 20.8 Å². The van der Waals surface area contributed by atoms with Crippen LogP contribution < -0.4 is 0 Å². The number of ether oxygens (including phenoxy) is 3. The summed E-state index contributed by atoms with van der Waals surface area (Å²) in [5, 5.41) is 20.9. The normalized spacial score (nSPS) is 37.6. The standard InChI is InChI=1S/C20H28O5/c21-18-15(17-13-24-20(25-17)9-5-2-6-10-20)11-16(19(18)22)23-12-14-7-3-1-4-8-14/h1,3-4,7-8,15-19,21-22H,2,5-6,9-13H2/t15-,16-,17+,18-,19+/m0/s1. The van der Waals surface area contributed by atoms with Crippen molar-refractivity contribution in [2.24, 2.45) is 5.92 Å². The Kier molecular flexibility index (Phi) is 5.11. The molecule has 1 heterocycles. The quantitative estimate of drug-likeness (QED) is 0.874. The molecule has 2 saturated carbocycles. The van der Waals surface area contributed by atoms with Gasteiger partial charge in [0, 0.05) is 18.8 Å². The number of hydrogen-bond donors (Lipinski definition) is 2. The van der Waals surface area contributed by atoms with Crippen molar-refractivity contribution in [2.45, 2.75) is 75.3 Å². The van der Waals surface area contributed by atoms with Crippen LogP contribution in [0.4, 0.5) is 0 Å². The van der Waals surface area contributed by atoms with Crippen LogP contribution in [0.5, 0.6) is 0 Å². The highest BCUT2D eigenvalue weighted by molar-refractivity contribution is 5.13. The Bertz CT molecular complexity index is 556. The minimum Gasteiger partial charge on any atom is -0.390 e. The van der Waals surface area contributed by atoms with Crippen LogP contribution >= 0.6 is 0 Å². The van der Waals surface area contributed by atoms with Gasteiger partial charge in [0.05, 0.1) is 31.5 Å². The number of aliphatic hydroxyl groups excluding tert-OH is 2. The van der Waals surface area contributed by atoms with Gasteiger partial charge in [0.25, 0.3) is 0 Å². The van der Waals surface area contributed by atoms with Crippen LogP contribution in [-0.4, -0.2) is 47.0 Å². The van der Waals surface area contributed by atoms with Crippen LogP contribution in [0.3, 0.4) is 0 Å². The highest BCUT2D eigenvalue weighted by Gasteiger charge is 2.51. The van der Waals surface area contributed by atoms with E-state index in [4.69, 9.17) is 14.2 Å². The van der Waals surface area contributed by atoms with Gasteiger partial charge >= 0.3 is 0 Å². The molecule has 0 bridgehead atoms. The SMILES string of the molecule is O[C@@H]1[C@H](O)[C@@H](OCc2ccccc2)C[C@H]1[C@H]1COC2(CCCCC2)O1. The predicted molar refractivity (Wildman–Crippen MR) is 91.8 cm³/mol. The van der Waals surface area contributed by atoms with E-state index in [9.17, 15) is 10.2 Å². The Labute approximate surface area is 148 Å². The molecular formula is C20H28O5. The summed E-state index contributed by atoms with van der Waals surface area (Å²) < 4.78 is 18.1. The molecule has 25 heavy (non-hydrogen) atoms. The Morgan fingerprint density at radius 1 is 1.04 bits per heavy atom. The fourth-order valence-corrected chi connectivity index (χ4v) is 4.48. The highest BCUT2D eigenvalue weighted by Crippen LogP contribution is 2.43. The molecule has 1 aromatic carbocycles. The van der Waals surface area contributed by atoms with Gasteiger partial charge in [-0.2, -0.15) is 0 Å². The summed E-state index contributed by atoms with van der Waals surface area (Å²) in [6.07, 6.45) is 3.73. The lowest BCUT2D eigenvalue weighted by Crippen LogP contribution is -2.38. The first kappa shape index (κ1) is 17.4. The summed E-state index contributed by atoms with van der Waals surface area (Å²) in [4.78, 5) is 0. The van der Waals surface area contributed by atoms with E-state index in [0.29, 0.717) is 19.6 Å². The third-order valence-electron chi connectivity index (χ3n) is 5.95. The summed E-state index contributed by atoms with van der Waals surface area (Å²) in [6.45, 7) is 0.938. The number of rotatable bonds is 4. The van der Waals surface area contributed by atoms with E-state index in [1.807, 2.05) is 30.3 Å². The van der Waals surface area contributed by atoms with Crippen LogP contribution in [0.15, 0.2) is 30.3 Å². The lowest BCUT2D eigenvalue weighted by Gasteiger charge is -2.32. The molecule has 2 aliphatic carbocycles. The summed E-state index contributed by atoms with van der Waals surface area (Å²) >= 11 is 0. The van der Waals surface area contributed by atoms with Crippen molar-refractivity contribution < 1.29 is 24.4 Å². The molecule has 2 N–H and O–H groups in total. The summed E-state index contributed by atoms with van der Waals surface area (Å²) in [5.41, 5.74) is 1.06. The Balaban J connectivity index is 1.35. The van der Waals surface area contributed by atoms with Crippen molar-refractivity contribution in [1.29, 1.82) is 0 Å². The van der Waals surface area contributed by atoms with E-state index in [-0.39, 0.29) is 18.1 Å². The maximum absolute atomic E-state index is 10.5. The molecular weight excluding hydrogens is 320 g/mol. The second-order valence-electron chi connectivity index (χ2n) is 7.65. The van der Waals surface area contributed by atoms with Crippen molar-refractivity contribution >= 4 is 0 Å². The van der Waals surface area contributed by atoms with Crippen molar-refractivity contribution in [3.8, 4) is 0 Å². The summed E-state index contributed by atoms with van der Waals surface area (Å²) in [6, 6.07) is 9.89. The number of benzene rings is 1. The number of aliphatic hydroxyl groups is 2. The zero-order chi connectivity index (χ0) is 17.3. The van der Waals surface area contributed by atoms with Crippen molar-refractivity contribution in [3.05, 3.63) is 35.9 Å². The molecule has 1 aromatic rings. The summed E-state index contributed by atoms with van der Waals surface area (Å²) in [5.74, 6) is -0.589. The fourth-order valence-electron chi connectivity index (χ4n) is 4.48. The first-order valence-electron chi connectivity index (χ1n) is 9.50. The molecule has 4 rings (SSSR count). The van der Waals surface area contributed by atoms with Crippen molar-refractivity contribution in [3.63, 3.8) is 0 Å². The van der Waals surface area contributed by atoms with Crippen molar-refractivity contribution in [2.75, 3.05) is 6.61 Å². The zero-order valence-electron chi connectivity index (χ0n) is 14.5. The highest BCUT2D eigenvalue weighted by atomic mass is 16.7. The molecule has 1 saturated heterocycles. The van der Waals surface area contributed by atoms with E-state index in [1.54, 1.807) is 0 Å². The molecule has 1 spiro atoms. The summed E-state index contributed by atoms with van der Waals surface area (Å²) in [7, 11) is 0. The van der Waals surface area contributed by atoms with Crippen LogP contribution in [0.25, 0.3) is 0 Å². The van der Waals surface area contributed by atoms with Gasteiger partial charge in [-0.3, -0.25) is 0 Å². The molecule has 138 valence electrons. The molecule has 3 aliphatic rings. The molecule has 5 nitrogen and oxygen atoms in total. The van der Waals surface area contributed by atoms with Crippen LogP contribution in [0, 0.1) is 5.92 Å². The molecule has 0 aromatic heterocycles. The second-order valence-corrected chi connectivity index (χ2v) is 7.65. The Morgan fingerprint density at radius 3 is 2.56 bits per heavy atom. The van der Waals surface area contributed by atoms with E-state index < -0.39 is 18.0 Å². The van der Waals surface area contributed by atoms with E-state index in [0.717, 1.165) is 31.2 Å². The second kappa shape index (κ2) is 7.33. The van der Waals surface area contributed by atoms with E-state index in [1.165, 1.54) is 6.42 Å². The van der Waals surface area contributed by atoms with Gasteiger partial charge in [-0.25, -0.2) is 0 Å². The molecule has 0 amide bonds. The minimum atomic E-state index is -0.875. The smallest absolute Gasteiger partial charge is 0.168 e. The zero-order valence-corrected chi connectivity index (χ0v) is 14.5. The predicted octanol–water partition coefficient (Wildman–Crippen LogP) is 2.39. The van der Waals surface area contributed by atoms with Gasteiger partial charge in [-0.15, -0.1) is 0 Å². The Hall–Kier alpha value is -0.980. The topological polar surface area (TPSA) is 68.2 Å². The van der Waals surface area contributed by atoms with Gasteiger partial charge < -0.3 is 24.4 Å². The van der Waals surface area contributed by atoms with E-state index >= 15 is 0 Å². The largest absolute Gasteiger partial charge is 0.390 e. The number of hydrogen-bond acceptors (Lipinski definition) is 5. The molecule has 5 heteroatoms. The first-order chi connectivity index (χ1) is 12.2. The van der Waals surface area contributed by atoms with Gasteiger partial charge in [0.2, 0.25) is 0 Å². The van der Waals surface area contributed by atoms with E-state index in [2.05, 4.69) is 0 Å². The van der Waals surface area contributed by atoms with Gasteiger partial charge in [0.1, 0.15) is 6.10 Å². The van der Waals surface area contributed by atoms with Gasteiger partial charge in [0.15, 0.2) is 5.79 Å².